The highest BCUT2D eigenvalue weighted by molar-refractivity contribution is 6.31. The lowest BCUT2D eigenvalue weighted by Gasteiger charge is -2.69. The molecule has 4 aliphatic carbocycles. The predicted octanol–water partition coefficient (Wildman–Crippen LogP) is 3.50. The summed E-state index contributed by atoms with van der Waals surface area (Å²) in [4.78, 5) is 25.2. The summed E-state index contributed by atoms with van der Waals surface area (Å²) in [5.41, 5.74) is 0.442. The van der Waals surface area contributed by atoms with Crippen LogP contribution in [0.4, 0.5) is 13.2 Å². The highest BCUT2D eigenvalue weighted by Crippen LogP contribution is 2.65. The number of carbonyl (C=O) groups is 2. The lowest BCUT2D eigenvalue weighted by molar-refractivity contribution is -0.351. The molecule has 7 rings (SSSR count). The number of ether oxygens (including phenoxy) is 2. The van der Waals surface area contributed by atoms with E-state index in [4.69, 9.17) is 16.3 Å². The molecule has 0 unspecified atom stereocenters. The molecule has 4 saturated carbocycles. The fourth-order valence-corrected chi connectivity index (χ4v) is 5.85. The minimum absolute atomic E-state index is 0.0483. The Morgan fingerprint density at radius 1 is 1.26 bits per heavy atom. The van der Waals surface area contributed by atoms with Gasteiger partial charge in [0.15, 0.2) is 11.9 Å². The van der Waals surface area contributed by atoms with E-state index in [0.717, 1.165) is 0 Å². The number of ketones is 1. The van der Waals surface area contributed by atoms with Crippen molar-refractivity contribution in [3.8, 4) is 5.75 Å². The second-order valence-corrected chi connectivity index (χ2v) is 10.3. The van der Waals surface area contributed by atoms with Gasteiger partial charge in [-0.05, 0) is 50.3 Å². The van der Waals surface area contributed by atoms with Gasteiger partial charge >= 0.3 is 6.36 Å². The molecule has 2 aromatic rings. The zero-order valence-corrected chi connectivity index (χ0v) is 18.5. The van der Waals surface area contributed by atoms with E-state index >= 15 is 0 Å². The molecule has 1 amide bonds. The largest absolute Gasteiger partial charge is 0.522 e. The molecule has 0 radical (unpaired) electrons. The van der Waals surface area contributed by atoms with Gasteiger partial charge in [-0.1, -0.05) is 16.8 Å². The van der Waals surface area contributed by atoms with Gasteiger partial charge in [-0.15, -0.1) is 18.3 Å². The molecule has 2 bridgehead atoms. The number of benzene rings is 1. The van der Waals surface area contributed by atoms with Gasteiger partial charge in [-0.25, -0.2) is 4.68 Å². The second-order valence-electron chi connectivity index (χ2n) is 9.84. The average Bonchev–Trinajstić information content (AvgIpc) is 3.14. The Kier molecular flexibility index (Phi) is 4.61. The number of alkyl halides is 3. The van der Waals surface area contributed by atoms with Gasteiger partial charge in [-0.2, -0.15) is 0 Å². The summed E-state index contributed by atoms with van der Waals surface area (Å²) in [5.74, 6) is -0.261. The molecular weight excluding hydrogens is 477 g/mol. The molecule has 4 fully saturated rings. The van der Waals surface area contributed by atoms with Gasteiger partial charge in [0.2, 0.25) is 0 Å². The first-order valence-electron chi connectivity index (χ1n) is 11.0. The number of fused-ring (bicyclic) bond motifs is 1. The van der Waals surface area contributed by atoms with Crippen LogP contribution in [0.1, 0.15) is 60.5 Å². The van der Waals surface area contributed by atoms with Gasteiger partial charge in [0.05, 0.1) is 29.3 Å². The van der Waals surface area contributed by atoms with Crippen LogP contribution in [-0.2, 0) is 15.1 Å². The van der Waals surface area contributed by atoms with E-state index in [1.54, 1.807) is 23.0 Å². The first-order valence-corrected chi connectivity index (χ1v) is 11.4. The van der Waals surface area contributed by atoms with E-state index in [2.05, 4.69) is 20.4 Å². The number of amides is 1. The van der Waals surface area contributed by atoms with Gasteiger partial charge in [-0.3, -0.25) is 14.3 Å². The molecule has 180 valence electrons. The molecule has 1 N–H and O–H groups in total. The molecule has 5 aliphatic rings. The van der Waals surface area contributed by atoms with Crippen LogP contribution in [0, 0.1) is 0 Å². The van der Waals surface area contributed by atoms with Crippen molar-refractivity contribution < 1.29 is 32.2 Å². The van der Waals surface area contributed by atoms with Crippen molar-refractivity contribution in [2.45, 2.75) is 74.1 Å². The van der Waals surface area contributed by atoms with E-state index < -0.39 is 18.6 Å². The Labute approximate surface area is 196 Å². The molecule has 1 aromatic carbocycles. The number of Topliss-reactive ketones (excluding diaryl/α,β-unsaturated/α-hetero) is 1. The Hall–Kier alpha value is -2.66. The SMILES string of the molecule is O=C1C[C@H](C(=O)NC23CC(n4cc(C5CC(OC(F)(F)F)C5)nn4)(C2)C3)Oc2ccc(Cl)cc21. The van der Waals surface area contributed by atoms with Crippen molar-refractivity contribution in [3.63, 3.8) is 0 Å². The maximum atomic E-state index is 12.8. The number of aromatic nitrogens is 3. The highest BCUT2D eigenvalue weighted by Gasteiger charge is 2.70. The van der Waals surface area contributed by atoms with Crippen LogP contribution in [-0.4, -0.2) is 50.8 Å². The normalized spacial score (nSPS) is 33.6. The van der Waals surface area contributed by atoms with Crippen molar-refractivity contribution in [1.82, 2.24) is 20.3 Å². The molecule has 1 aromatic heterocycles. The lowest BCUT2D eigenvalue weighted by atomic mass is 9.44. The lowest BCUT2D eigenvalue weighted by Crippen LogP contribution is -2.79. The van der Waals surface area contributed by atoms with Crippen LogP contribution >= 0.6 is 11.6 Å². The van der Waals surface area contributed by atoms with Crippen molar-refractivity contribution in [1.29, 1.82) is 0 Å². The third-order valence-corrected chi connectivity index (χ3v) is 7.61. The zero-order chi connectivity index (χ0) is 23.9. The third kappa shape index (κ3) is 3.56. The molecule has 0 spiro atoms. The number of rotatable bonds is 5. The number of hydrogen-bond acceptors (Lipinski definition) is 6. The van der Waals surface area contributed by atoms with Gasteiger partial charge in [0.1, 0.15) is 5.75 Å². The average molecular weight is 497 g/mol. The quantitative estimate of drug-likeness (QED) is 0.681. The van der Waals surface area contributed by atoms with E-state index in [9.17, 15) is 22.8 Å². The number of halogens is 4. The van der Waals surface area contributed by atoms with Crippen LogP contribution in [0.3, 0.4) is 0 Å². The van der Waals surface area contributed by atoms with E-state index in [-0.39, 0.29) is 47.9 Å². The maximum absolute atomic E-state index is 12.8. The number of nitrogens with one attached hydrogen (secondary N) is 1. The topological polar surface area (TPSA) is 95.3 Å². The van der Waals surface area contributed by atoms with Gasteiger partial charge in [0, 0.05) is 22.7 Å². The van der Waals surface area contributed by atoms with Crippen molar-refractivity contribution in [3.05, 3.63) is 40.7 Å². The second kappa shape index (κ2) is 7.17. The standard InChI is InChI=1S/C22H20ClF3N4O4/c23-12-1-2-17-14(5-12)16(31)6-18(33-17)19(32)27-20-8-21(9-20,10-20)30-7-15(28-29-30)11-3-13(4-11)34-22(24,25)26/h1-2,5,7,11,13,18H,3-4,6,8-10H2,(H,27,32)/t11?,13?,18-,20?,21?/m1/s1. The first-order chi connectivity index (χ1) is 16.0. The van der Waals surface area contributed by atoms with E-state index in [0.29, 0.717) is 41.3 Å². The van der Waals surface area contributed by atoms with Gasteiger partial charge < -0.3 is 10.1 Å². The summed E-state index contributed by atoms with van der Waals surface area (Å²) in [6, 6.07) is 4.74. The Morgan fingerprint density at radius 3 is 2.71 bits per heavy atom. The zero-order valence-electron chi connectivity index (χ0n) is 17.8. The highest BCUT2D eigenvalue weighted by atomic mass is 35.5. The maximum Gasteiger partial charge on any atom is 0.522 e. The minimum atomic E-state index is -4.62. The molecule has 2 heterocycles. The summed E-state index contributed by atoms with van der Waals surface area (Å²) in [6.45, 7) is 0. The predicted molar refractivity (Wildman–Crippen MR) is 110 cm³/mol. The number of carbonyl (C=O) groups excluding carboxylic acids is 2. The van der Waals surface area contributed by atoms with Gasteiger partial charge in [0.25, 0.3) is 5.91 Å². The van der Waals surface area contributed by atoms with Crippen molar-refractivity contribution in [2.24, 2.45) is 0 Å². The molecular formula is C22H20ClF3N4O4. The van der Waals surface area contributed by atoms with E-state index in [1.807, 2.05) is 0 Å². The fraction of sp³-hybridized carbons (Fsp3) is 0.545. The van der Waals surface area contributed by atoms with Crippen LogP contribution in [0.25, 0.3) is 0 Å². The van der Waals surface area contributed by atoms with E-state index in [1.165, 1.54) is 6.07 Å². The summed E-state index contributed by atoms with van der Waals surface area (Å²) < 4.78 is 48.5. The summed E-state index contributed by atoms with van der Waals surface area (Å²) in [5, 5.41) is 11.8. The van der Waals surface area contributed by atoms with Crippen LogP contribution in [0.5, 0.6) is 5.75 Å². The number of hydrogen-bond donors (Lipinski definition) is 1. The fourth-order valence-electron chi connectivity index (χ4n) is 5.68. The Bertz CT molecular complexity index is 1170. The van der Waals surface area contributed by atoms with Crippen LogP contribution in [0.15, 0.2) is 24.4 Å². The summed E-state index contributed by atoms with van der Waals surface area (Å²) >= 11 is 5.94. The monoisotopic (exact) mass is 496 g/mol. The molecule has 0 saturated heterocycles. The summed E-state index contributed by atoms with van der Waals surface area (Å²) in [7, 11) is 0. The third-order valence-electron chi connectivity index (χ3n) is 7.38. The number of nitrogens with zero attached hydrogens (tertiary/aromatic N) is 3. The molecule has 12 heteroatoms. The first kappa shape index (κ1) is 21.8. The molecule has 34 heavy (non-hydrogen) atoms. The molecule has 8 nitrogen and oxygen atoms in total. The van der Waals surface area contributed by atoms with Crippen LogP contribution in [0.2, 0.25) is 5.02 Å². The molecule has 1 atom stereocenters. The minimum Gasteiger partial charge on any atom is -0.479 e. The van der Waals surface area contributed by atoms with Crippen molar-refractivity contribution >= 4 is 23.3 Å². The Balaban J connectivity index is 1.03. The Morgan fingerprint density at radius 2 is 2.00 bits per heavy atom. The smallest absolute Gasteiger partial charge is 0.479 e. The van der Waals surface area contributed by atoms with Crippen molar-refractivity contribution in [2.75, 3.05) is 0 Å². The van der Waals surface area contributed by atoms with Crippen LogP contribution < -0.4 is 10.1 Å². The summed E-state index contributed by atoms with van der Waals surface area (Å²) in [6.07, 6.45) is -2.05. The molecule has 1 aliphatic heterocycles.